The molecule has 0 N–H and O–H groups in total. The molecule has 228 valence electrons. The van der Waals surface area contributed by atoms with Gasteiger partial charge >= 0.3 is 12.1 Å². The molecule has 0 amide bonds. The number of hydrogen-bond acceptors (Lipinski definition) is 4. The van der Waals surface area contributed by atoms with Crippen molar-refractivity contribution in [3.05, 3.63) is 102 Å². The second-order valence-electron chi connectivity index (χ2n) is 11.9. The van der Waals surface area contributed by atoms with E-state index in [1.807, 2.05) is 56.3 Å². The SMILES string of the molecule is CCOC(=O)c1c(-c2ccc(OC(C)C)cc2)c2cc(-c3ccc(C(C)(C)C)cc3)ccc2n1-c1ccc(C(F)(F)F)cn1. The number of ether oxygens (including phenoxy) is 2. The third-order valence-corrected chi connectivity index (χ3v) is 7.34. The molecule has 5 rings (SSSR count). The van der Waals surface area contributed by atoms with Crippen LogP contribution in [0, 0.1) is 0 Å². The van der Waals surface area contributed by atoms with Crippen LogP contribution in [0.5, 0.6) is 5.75 Å². The molecule has 0 aliphatic heterocycles. The Morgan fingerprint density at radius 1 is 0.841 bits per heavy atom. The average Bonchev–Trinajstić information content (AvgIpc) is 3.31. The van der Waals surface area contributed by atoms with Gasteiger partial charge in [-0.15, -0.1) is 0 Å². The van der Waals surface area contributed by atoms with Crippen LogP contribution in [0.3, 0.4) is 0 Å². The summed E-state index contributed by atoms with van der Waals surface area (Å²) in [6, 6.07) is 23.8. The number of aromatic nitrogens is 2. The minimum Gasteiger partial charge on any atom is -0.491 e. The summed E-state index contributed by atoms with van der Waals surface area (Å²) in [7, 11) is 0. The number of carbonyl (C=O) groups excluding carboxylic acids is 1. The van der Waals surface area contributed by atoms with Crippen LogP contribution < -0.4 is 4.74 Å². The lowest BCUT2D eigenvalue weighted by atomic mass is 9.86. The van der Waals surface area contributed by atoms with E-state index >= 15 is 0 Å². The van der Waals surface area contributed by atoms with Gasteiger partial charge in [-0.3, -0.25) is 4.57 Å². The first-order valence-corrected chi connectivity index (χ1v) is 14.5. The van der Waals surface area contributed by atoms with Crippen LogP contribution in [0.15, 0.2) is 85.1 Å². The summed E-state index contributed by atoms with van der Waals surface area (Å²) in [5, 5.41) is 0.727. The molecule has 44 heavy (non-hydrogen) atoms. The zero-order chi connectivity index (χ0) is 31.8. The van der Waals surface area contributed by atoms with Crippen LogP contribution >= 0.6 is 0 Å². The van der Waals surface area contributed by atoms with Gasteiger partial charge in [-0.25, -0.2) is 9.78 Å². The van der Waals surface area contributed by atoms with Crippen molar-refractivity contribution in [1.29, 1.82) is 0 Å². The molecule has 8 heteroatoms. The lowest BCUT2D eigenvalue weighted by Crippen LogP contribution is -2.14. The maximum absolute atomic E-state index is 13.7. The molecule has 0 atom stereocenters. The summed E-state index contributed by atoms with van der Waals surface area (Å²) in [6.45, 7) is 12.2. The van der Waals surface area contributed by atoms with E-state index in [-0.39, 0.29) is 29.6 Å². The average molecular weight is 601 g/mol. The summed E-state index contributed by atoms with van der Waals surface area (Å²) in [6.07, 6.45) is -3.79. The van der Waals surface area contributed by atoms with Crippen LogP contribution in [0.1, 0.15) is 63.2 Å². The normalized spacial score (nSPS) is 12.1. The molecule has 0 bridgehead atoms. The number of alkyl halides is 3. The van der Waals surface area contributed by atoms with Crippen LogP contribution in [0.25, 0.3) is 39.0 Å². The Morgan fingerprint density at radius 3 is 2.00 bits per heavy atom. The predicted molar refractivity (Wildman–Crippen MR) is 167 cm³/mol. The standard InChI is InChI=1S/C36H35F3N2O3/c1-7-43-34(42)33-32(24-10-16-28(17-11-24)44-22(2)3)29-20-25(23-8-13-26(14-9-23)35(4,5)6)12-18-30(29)41(33)31-19-15-27(21-40-31)36(37,38)39/h8-22H,7H2,1-6H3. The quantitative estimate of drug-likeness (QED) is 0.175. The second-order valence-corrected chi connectivity index (χ2v) is 11.9. The molecule has 0 aliphatic carbocycles. The van der Waals surface area contributed by atoms with Gasteiger partial charge in [-0.2, -0.15) is 13.2 Å². The van der Waals surface area contributed by atoms with Gasteiger partial charge in [0.1, 0.15) is 17.3 Å². The number of halogens is 3. The fourth-order valence-electron chi connectivity index (χ4n) is 5.21. The van der Waals surface area contributed by atoms with E-state index in [2.05, 4.69) is 50.0 Å². The van der Waals surface area contributed by atoms with E-state index in [1.165, 1.54) is 11.6 Å². The van der Waals surface area contributed by atoms with Gasteiger partial charge in [0.2, 0.25) is 0 Å². The highest BCUT2D eigenvalue weighted by atomic mass is 19.4. The van der Waals surface area contributed by atoms with E-state index in [9.17, 15) is 18.0 Å². The second kappa shape index (κ2) is 11.8. The largest absolute Gasteiger partial charge is 0.491 e. The lowest BCUT2D eigenvalue weighted by Gasteiger charge is -2.19. The summed E-state index contributed by atoms with van der Waals surface area (Å²) in [4.78, 5) is 17.8. The number of esters is 1. The predicted octanol–water partition coefficient (Wildman–Crippen LogP) is 9.64. The zero-order valence-corrected chi connectivity index (χ0v) is 25.6. The van der Waals surface area contributed by atoms with E-state index in [1.54, 1.807) is 11.5 Å². The Hall–Kier alpha value is -4.59. The van der Waals surface area contributed by atoms with Crippen LogP contribution in [0.2, 0.25) is 0 Å². The number of carbonyl (C=O) groups is 1. The third kappa shape index (κ3) is 6.20. The summed E-state index contributed by atoms with van der Waals surface area (Å²) in [5.41, 5.74) is 4.33. The van der Waals surface area contributed by atoms with E-state index in [0.29, 0.717) is 16.8 Å². The highest BCUT2D eigenvalue weighted by molar-refractivity contribution is 6.10. The van der Waals surface area contributed by atoms with Crippen molar-refractivity contribution in [3.63, 3.8) is 0 Å². The lowest BCUT2D eigenvalue weighted by molar-refractivity contribution is -0.137. The molecule has 0 aliphatic rings. The molecule has 0 radical (unpaired) electrons. The van der Waals surface area contributed by atoms with Crippen molar-refractivity contribution in [2.45, 2.75) is 59.2 Å². The van der Waals surface area contributed by atoms with Gasteiger partial charge in [0.25, 0.3) is 0 Å². The van der Waals surface area contributed by atoms with Gasteiger partial charge in [0.15, 0.2) is 0 Å². The number of hydrogen-bond donors (Lipinski definition) is 0. The number of pyridine rings is 1. The topological polar surface area (TPSA) is 53.4 Å². The summed E-state index contributed by atoms with van der Waals surface area (Å²) < 4.78 is 53.1. The van der Waals surface area contributed by atoms with Crippen molar-refractivity contribution >= 4 is 16.9 Å². The van der Waals surface area contributed by atoms with Crippen molar-refractivity contribution in [3.8, 4) is 33.8 Å². The Balaban J connectivity index is 1.78. The molecule has 0 saturated carbocycles. The fraction of sp³-hybridized carbons (Fsp3) is 0.278. The van der Waals surface area contributed by atoms with Crippen molar-refractivity contribution < 1.29 is 27.4 Å². The van der Waals surface area contributed by atoms with E-state index in [4.69, 9.17) is 9.47 Å². The molecule has 5 nitrogen and oxygen atoms in total. The number of fused-ring (bicyclic) bond motifs is 1. The molecule has 0 spiro atoms. The minimum absolute atomic E-state index is 0.00151. The van der Waals surface area contributed by atoms with Gasteiger partial charge < -0.3 is 9.47 Å². The van der Waals surface area contributed by atoms with Crippen molar-refractivity contribution in [2.75, 3.05) is 6.61 Å². The Bertz CT molecular complexity index is 1780. The van der Waals surface area contributed by atoms with Crippen LogP contribution in [-0.2, 0) is 16.3 Å². The van der Waals surface area contributed by atoms with Gasteiger partial charge in [0, 0.05) is 17.1 Å². The number of benzene rings is 3. The molecular formula is C36H35F3N2O3. The monoisotopic (exact) mass is 600 g/mol. The number of rotatable bonds is 7. The van der Waals surface area contributed by atoms with E-state index in [0.717, 1.165) is 34.3 Å². The number of nitrogens with zero attached hydrogens (tertiary/aromatic N) is 2. The highest BCUT2D eigenvalue weighted by Gasteiger charge is 2.32. The van der Waals surface area contributed by atoms with Crippen molar-refractivity contribution in [2.24, 2.45) is 0 Å². The molecule has 0 fully saturated rings. The molecule has 5 aromatic rings. The third-order valence-electron chi connectivity index (χ3n) is 7.34. The first-order chi connectivity index (χ1) is 20.8. The first-order valence-electron chi connectivity index (χ1n) is 14.5. The smallest absolute Gasteiger partial charge is 0.417 e. The van der Waals surface area contributed by atoms with Gasteiger partial charge in [-0.1, -0.05) is 63.2 Å². The molecule has 3 aromatic carbocycles. The maximum Gasteiger partial charge on any atom is 0.417 e. The van der Waals surface area contributed by atoms with E-state index < -0.39 is 17.7 Å². The Labute approximate surface area is 255 Å². The van der Waals surface area contributed by atoms with Gasteiger partial charge in [-0.05, 0) is 84.8 Å². The Morgan fingerprint density at radius 2 is 1.45 bits per heavy atom. The van der Waals surface area contributed by atoms with Crippen LogP contribution in [0.4, 0.5) is 13.2 Å². The minimum atomic E-state index is -4.54. The molecular weight excluding hydrogens is 565 g/mol. The Kier molecular flexibility index (Phi) is 8.30. The van der Waals surface area contributed by atoms with Gasteiger partial charge in [0.05, 0.1) is 23.8 Å². The summed E-state index contributed by atoms with van der Waals surface area (Å²) >= 11 is 0. The highest BCUT2D eigenvalue weighted by Crippen LogP contribution is 2.40. The van der Waals surface area contributed by atoms with Crippen LogP contribution in [-0.4, -0.2) is 28.2 Å². The molecule has 2 aromatic heterocycles. The van der Waals surface area contributed by atoms with Crippen molar-refractivity contribution in [1.82, 2.24) is 9.55 Å². The first kappa shape index (κ1) is 30.9. The molecule has 0 saturated heterocycles. The zero-order valence-electron chi connectivity index (χ0n) is 25.6. The fourth-order valence-corrected chi connectivity index (χ4v) is 5.21. The molecule has 2 heterocycles. The molecule has 0 unspecified atom stereocenters. The summed E-state index contributed by atoms with van der Waals surface area (Å²) in [5.74, 6) is 0.229. The maximum atomic E-state index is 13.7.